The van der Waals surface area contributed by atoms with Crippen molar-refractivity contribution >= 4 is 12.0 Å². The molecule has 3 nitrogen and oxygen atoms in total. The fourth-order valence-electron chi connectivity index (χ4n) is 1.75. The van der Waals surface area contributed by atoms with E-state index < -0.39 is 5.97 Å². The van der Waals surface area contributed by atoms with Crippen molar-refractivity contribution in [3.05, 3.63) is 65.7 Å². The Labute approximate surface area is 111 Å². The predicted octanol–water partition coefficient (Wildman–Crippen LogP) is 3.35. The molecule has 3 heteroatoms. The highest BCUT2D eigenvalue weighted by Gasteiger charge is 2.06. The van der Waals surface area contributed by atoms with Gasteiger partial charge in [0.05, 0.1) is 0 Å². The lowest BCUT2D eigenvalue weighted by Crippen LogP contribution is -1.97. The molecular formula is C16H11NO2. The fourth-order valence-corrected chi connectivity index (χ4v) is 1.75. The zero-order chi connectivity index (χ0) is 13.7. The summed E-state index contributed by atoms with van der Waals surface area (Å²) in [5.41, 5.74) is 2.45. The van der Waals surface area contributed by atoms with Gasteiger partial charge in [0.1, 0.15) is 11.6 Å². The highest BCUT2D eigenvalue weighted by Crippen LogP contribution is 2.21. The lowest BCUT2D eigenvalue weighted by atomic mass is 10.0. The van der Waals surface area contributed by atoms with Crippen molar-refractivity contribution in [3.8, 4) is 17.2 Å². The average molecular weight is 249 g/mol. The first kappa shape index (κ1) is 12.6. The first-order valence-electron chi connectivity index (χ1n) is 5.71. The minimum atomic E-state index is -1.22. The van der Waals surface area contributed by atoms with Crippen LogP contribution in [0.25, 0.3) is 17.2 Å². The molecule has 0 aliphatic rings. The lowest BCUT2D eigenvalue weighted by molar-refractivity contribution is -0.132. The molecule has 0 spiro atoms. The molecule has 2 rings (SSSR count). The molecule has 0 saturated heterocycles. The number of rotatable bonds is 3. The fraction of sp³-hybridized carbons (Fsp3) is 0. The number of aliphatic carboxylic acids is 1. The van der Waals surface area contributed by atoms with Gasteiger partial charge >= 0.3 is 5.97 Å². The summed E-state index contributed by atoms with van der Waals surface area (Å²) in [6.07, 6.45) is 1.37. The first-order valence-corrected chi connectivity index (χ1v) is 5.71. The summed E-state index contributed by atoms with van der Waals surface area (Å²) in [4.78, 5) is 10.8. The van der Waals surface area contributed by atoms with E-state index in [0.29, 0.717) is 5.56 Å². The third-order valence-corrected chi connectivity index (χ3v) is 2.66. The van der Waals surface area contributed by atoms with Crippen LogP contribution in [-0.2, 0) is 4.79 Å². The van der Waals surface area contributed by atoms with Crippen LogP contribution in [0.4, 0.5) is 0 Å². The van der Waals surface area contributed by atoms with E-state index in [1.165, 1.54) is 6.08 Å². The van der Waals surface area contributed by atoms with Crippen molar-refractivity contribution in [3.63, 3.8) is 0 Å². The standard InChI is InChI=1S/C16H11NO2/c17-11-15(16(18)19)10-12-5-4-8-14(9-12)13-6-2-1-3-7-13/h1-10H,(H,18,19). The number of carbonyl (C=O) groups is 1. The molecule has 0 aliphatic heterocycles. The molecule has 0 atom stereocenters. The molecule has 0 bridgehead atoms. The Bertz CT molecular complexity index is 667. The van der Waals surface area contributed by atoms with Crippen molar-refractivity contribution in [1.82, 2.24) is 0 Å². The predicted molar refractivity (Wildman–Crippen MR) is 73.1 cm³/mol. The average Bonchev–Trinajstić information content (AvgIpc) is 2.45. The summed E-state index contributed by atoms with van der Waals surface area (Å²) in [7, 11) is 0. The number of hydrogen-bond acceptors (Lipinski definition) is 2. The second-order valence-electron chi connectivity index (χ2n) is 3.97. The van der Waals surface area contributed by atoms with Gasteiger partial charge < -0.3 is 5.11 Å². The summed E-state index contributed by atoms with van der Waals surface area (Å²) < 4.78 is 0. The van der Waals surface area contributed by atoms with Crippen LogP contribution < -0.4 is 0 Å². The van der Waals surface area contributed by atoms with Crippen molar-refractivity contribution in [1.29, 1.82) is 5.26 Å². The summed E-state index contributed by atoms with van der Waals surface area (Å²) in [6, 6.07) is 18.9. The maximum absolute atomic E-state index is 10.8. The van der Waals surface area contributed by atoms with Gasteiger partial charge in [0.25, 0.3) is 0 Å². The van der Waals surface area contributed by atoms with Crippen molar-refractivity contribution < 1.29 is 9.90 Å². The van der Waals surface area contributed by atoms with E-state index in [9.17, 15) is 4.79 Å². The van der Waals surface area contributed by atoms with E-state index in [-0.39, 0.29) is 5.57 Å². The SMILES string of the molecule is N#CC(=Cc1cccc(-c2ccccc2)c1)C(=O)O. The zero-order valence-electron chi connectivity index (χ0n) is 10.1. The normalized spacial score (nSPS) is 10.8. The zero-order valence-corrected chi connectivity index (χ0v) is 10.1. The second-order valence-corrected chi connectivity index (χ2v) is 3.97. The molecule has 92 valence electrons. The van der Waals surface area contributed by atoms with Crippen LogP contribution in [0.3, 0.4) is 0 Å². The van der Waals surface area contributed by atoms with Gasteiger partial charge in [-0.1, -0.05) is 48.5 Å². The van der Waals surface area contributed by atoms with Crippen LogP contribution >= 0.6 is 0 Å². The van der Waals surface area contributed by atoms with Crippen molar-refractivity contribution in [2.24, 2.45) is 0 Å². The summed E-state index contributed by atoms with van der Waals surface area (Å²) in [5, 5.41) is 17.6. The van der Waals surface area contributed by atoms with Crippen LogP contribution in [0.1, 0.15) is 5.56 Å². The lowest BCUT2D eigenvalue weighted by Gasteiger charge is -2.02. The Morgan fingerprint density at radius 1 is 1.05 bits per heavy atom. The molecule has 19 heavy (non-hydrogen) atoms. The molecule has 0 aliphatic carbocycles. The topological polar surface area (TPSA) is 61.1 Å². The van der Waals surface area contributed by atoms with E-state index in [1.807, 2.05) is 48.5 Å². The van der Waals surface area contributed by atoms with E-state index in [1.54, 1.807) is 12.1 Å². The van der Waals surface area contributed by atoms with E-state index in [0.717, 1.165) is 11.1 Å². The molecule has 0 fully saturated rings. The Morgan fingerprint density at radius 3 is 2.37 bits per heavy atom. The van der Waals surface area contributed by atoms with Gasteiger partial charge in [0.2, 0.25) is 0 Å². The summed E-state index contributed by atoms with van der Waals surface area (Å²) in [6.45, 7) is 0. The Morgan fingerprint density at radius 2 is 1.74 bits per heavy atom. The van der Waals surface area contributed by atoms with Gasteiger partial charge in [-0.25, -0.2) is 4.79 Å². The maximum Gasteiger partial charge on any atom is 0.346 e. The van der Waals surface area contributed by atoms with Crippen molar-refractivity contribution in [2.75, 3.05) is 0 Å². The molecule has 0 radical (unpaired) electrons. The van der Waals surface area contributed by atoms with Gasteiger partial charge in [-0.3, -0.25) is 0 Å². The molecule has 0 aromatic heterocycles. The molecule has 0 amide bonds. The maximum atomic E-state index is 10.8. The van der Waals surface area contributed by atoms with Crippen molar-refractivity contribution in [2.45, 2.75) is 0 Å². The smallest absolute Gasteiger partial charge is 0.346 e. The minimum absolute atomic E-state index is 0.273. The molecule has 1 N–H and O–H groups in total. The van der Waals surface area contributed by atoms with Gasteiger partial charge in [-0.2, -0.15) is 5.26 Å². The van der Waals surface area contributed by atoms with Crippen LogP contribution in [0.2, 0.25) is 0 Å². The molecule has 0 heterocycles. The summed E-state index contributed by atoms with van der Waals surface area (Å²) in [5.74, 6) is -1.22. The van der Waals surface area contributed by atoms with Crippen LogP contribution in [0.5, 0.6) is 0 Å². The number of carboxylic acids is 1. The van der Waals surface area contributed by atoms with Gasteiger partial charge in [0.15, 0.2) is 0 Å². The first-order chi connectivity index (χ1) is 9.20. The Hall–Kier alpha value is -2.86. The highest BCUT2D eigenvalue weighted by molar-refractivity contribution is 5.96. The number of carboxylic acid groups (broad SMARTS) is 1. The third-order valence-electron chi connectivity index (χ3n) is 2.66. The molecule has 2 aromatic carbocycles. The highest BCUT2D eigenvalue weighted by atomic mass is 16.4. The van der Waals surface area contributed by atoms with Crippen LogP contribution in [-0.4, -0.2) is 11.1 Å². The quantitative estimate of drug-likeness (QED) is 0.670. The number of hydrogen-bond donors (Lipinski definition) is 1. The Kier molecular flexibility index (Phi) is 3.75. The Balaban J connectivity index is 2.41. The van der Waals surface area contributed by atoms with E-state index in [4.69, 9.17) is 10.4 Å². The number of nitriles is 1. The number of nitrogens with zero attached hydrogens (tertiary/aromatic N) is 1. The van der Waals surface area contributed by atoms with Crippen LogP contribution in [0, 0.1) is 11.3 Å². The van der Waals surface area contributed by atoms with E-state index in [2.05, 4.69) is 0 Å². The molecule has 0 saturated carbocycles. The van der Waals surface area contributed by atoms with Gasteiger partial charge in [-0.05, 0) is 28.8 Å². The van der Waals surface area contributed by atoms with Crippen LogP contribution in [0.15, 0.2) is 60.2 Å². The largest absolute Gasteiger partial charge is 0.477 e. The minimum Gasteiger partial charge on any atom is -0.477 e. The molecule has 2 aromatic rings. The molecular weight excluding hydrogens is 238 g/mol. The monoisotopic (exact) mass is 249 g/mol. The molecule has 0 unspecified atom stereocenters. The third kappa shape index (κ3) is 3.08. The van der Waals surface area contributed by atoms with E-state index >= 15 is 0 Å². The van der Waals surface area contributed by atoms with Gasteiger partial charge in [0, 0.05) is 0 Å². The van der Waals surface area contributed by atoms with Gasteiger partial charge in [-0.15, -0.1) is 0 Å². The summed E-state index contributed by atoms with van der Waals surface area (Å²) >= 11 is 0. The number of benzene rings is 2. The second kappa shape index (κ2) is 5.65.